The van der Waals surface area contributed by atoms with Gasteiger partial charge in [-0.25, -0.2) is 18.2 Å². The smallest absolute Gasteiger partial charge is 0.260 e. The van der Waals surface area contributed by atoms with Crippen LogP contribution >= 0.6 is 0 Å². The Morgan fingerprint density at radius 1 is 1.09 bits per heavy atom. The fourth-order valence-corrected chi connectivity index (χ4v) is 3.41. The third-order valence-electron chi connectivity index (χ3n) is 5.02. The molecule has 0 radical (unpaired) electrons. The molecular weight excluding hydrogens is 421 g/mol. The number of aromatic nitrogens is 2. The van der Waals surface area contributed by atoms with Gasteiger partial charge in [-0.15, -0.1) is 0 Å². The van der Waals surface area contributed by atoms with Crippen molar-refractivity contribution in [3.63, 3.8) is 0 Å². The first kappa shape index (κ1) is 21.7. The summed E-state index contributed by atoms with van der Waals surface area (Å²) in [5, 5.41) is 6.03. The van der Waals surface area contributed by atoms with Crippen LogP contribution in [0.25, 0.3) is 11.1 Å². The third-order valence-corrected chi connectivity index (χ3v) is 5.02. The van der Waals surface area contributed by atoms with E-state index in [-0.39, 0.29) is 23.5 Å². The number of amidine groups is 1. The molecule has 166 valence electrons. The summed E-state index contributed by atoms with van der Waals surface area (Å²) in [4.78, 5) is 23.3. The second kappa shape index (κ2) is 9.33. The Morgan fingerprint density at radius 2 is 1.91 bits per heavy atom. The van der Waals surface area contributed by atoms with E-state index in [1.165, 1.54) is 18.3 Å². The molecule has 0 aliphatic carbocycles. The van der Waals surface area contributed by atoms with Crippen molar-refractivity contribution in [3.8, 4) is 11.1 Å². The molecule has 32 heavy (non-hydrogen) atoms. The van der Waals surface area contributed by atoms with Crippen molar-refractivity contribution in [2.75, 3.05) is 18.4 Å². The number of benzene rings is 2. The number of anilines is 1. The number of hydrogen-bond acceptors (Lipinski definition) is 5. The maximum Gasteiger partial charge on any atom is 0.260 e. The average molecular weight is 442 g/mol. The van der Waals surface area contributed by atoms with Crippen molar-refractivity contribution in [1.82, 2.24) is 15.3 Å². The third kappa shape index (κ3) is 4.71. The van der Waals surface area contributed by atoms with Crippen LogP contribution in [0.15, 0.2) is 46.3 Å². The molecule has 2 aromatic carbocycles. The van der Waals surface area contributed by atoms with Gasteiger partial charge in [0.15, 0.2) is 11.6 Å². The molecule has 0 amide bonds. The van der Waals surface area contributed by atoms with E-state index >= 15 is 0 Å². The van der Waals surface area contributed by atoms with Crippen molar-refractivity contribution in [3.05, 3.63) is 75.5 Å². The molecule has 0 atom stereocenters. The van der Waals surface area contributed by atoms with Gasteiger partial charge in [0.1, 0.15) is 11.7 Å². The molecule has 0 saturated carbocycles. The van der Waals surface area contributed by atoms with Gasteiger partial charge >= 0.3 is 0 Å². The van der Waals surface area contributed by atoms with E-state index in [1.54, 1.807) is 6.07 Å². The Hall–Kier alpha value is -3.50. The van der Waals surface area contributed by atoms with Gasteiger partial charge in [0.25, 0.3) is 5.56 Å². The number of fused-ring (bicyclic) bond motifs is 1. The monoisotopic (exact) mass is 442 g/mol. The second-order valence-electron chi connectivity index (χ2n) is 7.37. The molecule has 1 aliphatic heterocycles. The van der Waals surface area contributed by atoms with Crippen molar-refractivity contribution in [2.24, 2.45) is 10.7 Å². The Morgan fingerprint density at radius 3 is 2.66 bits per heavy atom. The lowest BCUT2D eigenvalue weighted by atomic mass is 10.1. The van der Waals surface area contributed by atoms with Crippen molar-refractivity contribution in [2.45, 2.75) is 19.4 Å². The van der Waals surface area contributed by atoms with Gasteiger partial charge in [-0.05, 0) is 42.8 Å². The number of nitrogens with one attached hydrogen (secondary N) is 3. The minimum absolute atomic E-state index is 0.00358. The summed E-state index contributed by atoms with van der Waals surface area (Å²) < 4.78 is 41.4. The van der Waals surface area contributed by atoms with Crippen molar-refractivity contribution >= 4 is 17.5 Å². The lowest BCUT2D eigenvalue weighted by molar-refractivity contribution is 0.508. The fraction of sp³-hybridized carbons (Fsp3) is 0.227. The Labute approximate surface area is 181 Å². The Balaban J connectivity index is 1.50. The maximum absolute atomic E-state index is 14.6. The molecule has 0 spiro atoms. The maximum atomic E-state index is 14.6. The van der Waals surface area contributed by atoms with E-state index in [0.29, 0.717) is 30.2 Å². The molecule has 5 N–H and O–H groups in total. The van der Waals surface area contributed by atoms with Gasteiger partial charge in [0.2, 0.25) is 5.95 Å². The molecule has 0 fully saturated rings. The first-order valence-corrected chi connectivity index (χ1v) is 10.1. The van der Waals surface area contributed by atoms with Crippen LogP contribution in [0.2, 0.25) is 0 Å². The number of aromatic amines is 1. The predicted octanol–water partition coefficient (Wildman–Crippen LogP) is 2.99. The van der Waals surface area contributed by atoms with Crippen LogP contribution in [0.1, 0.15) is 17.5 Å². The molecule has 7 nitrogen and oxygen atoms in total. The summed E-state index contributed by atoms with van der Waals surface area (Å²) in [6.45, 7) is 1.81. The molecule has 2 heterocycles. The van der Waals surface area contributed by atoms with Crippen LogP contribution in [0.4, 0.5) is 24.8 Å². The largest absolute Gasteiger partial charge is 0.343 e. The summed E-state index contributed by atoms with van der Waals surface area (Å²) in [5.74, 6) is -2.07. The molecule has 1 aromatic heterocycles. The van der Waals surface area contributed by atoms with Crippen LogP contribution in [-0.2, 0) is 13.0 Å². The molecule has 0 saturated heterocycles. The number of nitrogens with zero attached hydrogens (tertiary/aromatic N) is 2. The van der Waals surface area contributed by atoms with Crippen molar-refractivity contribution < 1.29 is 13.2 Å². The molecule has 0 bridgehead atoms. The summed E-state index contributed by atoms with van der Waals surface area (Å²) in [7, 11) is 0. The van der Waals surface area contributed by atoms with Gasteiger partial charge in [0, 0.05) is 36.5 Å². The first-order chi connectivity index (χ1) is 15.4. The minimum Gasteiger partial charge on any atom is -0.343 e. The van der Waals surface area contributed by atoms with E-state index in [1.807, 2.05) is 0 Å². The number of nitrogens with two attached hydrogens (primary N) is 1. The summed E-state index contributed by atoms with van der Waals surface area (Å²) in [6.07, 6.45) is 2.30. The highest BCUT2D eigenvalue weighted by Gasteiger charge is 2.20. The molecule has 3 aromatic rings. The standard InChI is InChI=1S/C22H21F3N6O/c23-16-6-12(10-27-5-1-4-26)2-3-14(16)15-11-28-22(31-21(15)32)30-20-8-13-7-17(24)18(25)9-19(13)29-20/h2-3,6-7,9,11,27H,1,4-5,8,10,26H2,(H2,28,29,30,31,32). The highest BCUT2D eigenvalue weighted by Crippen LogP contribution is 2.27. The van der Waals surface area contributed by atoms with Crippen LogP contribution in [-0.4, -0.2) is 28.9 Å². The van der Waals surface area contributed by atoms with Crippen LogP contribution in [0, 0.1) is 17.5 Å². The van der Waals surface area contributed by atoms with Crippen LogP contribution in [0.3, 0.4) is 0 Å². The van der Waals surface area contributed by atoms with Crippen LogP contribution in [0.5, 0.6) is 0 Å². The normalized spacial score (nSPS) is 13.9. The lowest BCUT2D eigenvalue weighted by Gasteiger charge is -2.07. The number of H-pyrrole nitrogens is 1. The topological polar surface area (TPSA) is 108 Å². The zero-order valence-electron chi connectivity index (χ0n) is 17.0. The second-order valence-corrected chi connectivity index (χ2v) is 7.37. The molecule has 0 unspecified atom stereocenters. The van der Waals surface area contributed by atoms with E-state index in [2.05, 4.69) is 25.6 Å². The van der Waals surface area contributed by atoms with Gasteiger partial charge in [-0.2, -0.15) is 4.99 Å². The zero-order valence-corrected chi connectivity index (χ0v) is 17.0. The lowest BCUT2D eigenvalue weighted by Crippen LogP contribution is -2.18. The highest BCUT2D eigenvalue weighted by molar-refractivity contribution is 6.03. The average Bonchev–Trinajstić information content (AvgIpc) is 3.13. The summed E-state index contributed by atoms with van der Waals surface area (Å²) in [5.41, 5.74) is 6.77. The van der Waals surface area contributed by atoms with Crippen LogP contribution < -0.4 is 21.9 Å². The summed E-state index contributed by atoms with van der Waals surface area (Å²) >= 11 is 0. The predicted molar refractivity (Wildman–Crippen MR) is 116 cm³/mol. The van der Waals surface area contributed by atoms with E-state index < -0.39 is 23.0 Å². The first-order valence-electron chi connectivity index (χ1n) is 10.1. The number of rotatable bonds is 7. The van der Waals surface area contributed by atoms with E-state index in [9.17, 15) is 18.0 Å². The van der Waals surface area contributed by atoms with E-state index in [0.717, 1.165) is 30.7 Å². The van der Waals surface area contributed by atoms with Gasteiger partial charge < -0.3 is 16.4 Å². The fourth-order valence-electron chi connectivity index (χ4n) is 3.41. The highest BCUT2D eigenvalue weighted by atomic mass is 19.2. The molecular formula is C22H21F3N6O. The van der Waals surface area contributed by atoms with Gasteiger partial charge in [-0.1, -0.05) is 12.1 Å². The quantitative estimate of drug-likeness (QED) is 0.421. The number of aliphatic imine (C=N–C) groups is 1. The zero-order chi connectivity index (χ0) is 22.7. The molecule has 4 rings (SSSR count). The number of hydrogen-bond donors (Lipinski definition) is 4. The SMILES string of the molecule is NCCCNCc1ccc(-c2cnc(N=C3Cc4cc(F)c(F)cc4N3)[nH]c2=O)c(F)c1. The van der Waals surface area contributed by atoms with E-state index in [4.69, 9.17) is 5.73 Å². The van der Waals surface area contributed by atoms with Gasteiger partial charge in [-0.3, -0.25) is 9.78 Å². The van der Waals surface area contributed by atoms with Crippen molar-refractivity contribution in [1.29, 1.82) is 0 Å². The minimum atomic E-state index is -0.965. The molecule has 10 heteroatoms. The summed E-state index contributed by atoms with van der Waals surface area (Å²) in [6, 6.07) is 6.79. The Bertz CT molecular complexity index is 1210. The molecule has 1 aliphatic rings. The Kier molecular flexibility index (Phi) is 6.33. The van der Waals surface area contributed by atoms with Gasteiger partial charge in [0.05, 0.1) is 5.56 Å². The number of halogens is 3.